The maximum atomic E-state index is 11.8. The molecule has 0 spiro atoms. The zero-order valence-electron chi connectivity index (χ0n) is 7.87. The molecule has 0 atom stereocenters. The third-order valence-corrected chi connectivity index (χ3v) is 2.32. The predicted molar refractivity (Wildman–Crippen MR) is 60.8 cm³/mol. The minimum atomic E-state index is -0.376. The highest BCUT2D eigenvalue weighted by Crippen LogP contribution is 2.19. The summed E-state index contributed by atoms with van der Waals surface area (Å²) in [7, 11) is 0. The van der Waals surface area contributed by atoms with Gasteiger partial charge < -0.3 is 5.32 Å². The molecule has 0 saturated heterocycles. The van der Waals surface area contributed by atoms with Crippen molar-refractivity contribution in [2.45, 2.75) is 0 Å². The van der Waals surface area contributed by atoms with Crippen LogP contribution in [0.5, 0.6) is 0 Å². The molecule has 2 aromatic heterocycles. The number of rotatable bonds is 2. The number of hydrogen-bond acceptors (Lipinski definition) is 3. The van der Waals surface area contributed by atoms with Gasteiger partial charge in [0, 0.05) is 12.3 Å². The summed E-state index contributed by atoms with van der Waals surface area (Å²) < 4.78 is 0. The maximum absolute atomic E-state index is 11.8. The Kier molecular flexibility index (Phi) is 3.07. The second-order valence-corrected chi connectivity index (χ2v) is 3.71. The van der Waals surface area contributed by atoms with E-state index in [2.05, 4.69) is 20.5 Å². The molecule has 2 aromatic rings. The van der Waals surface area contributed by atoms with Crippen LogP contribution in [0.4, 0.5) is 5.82 Å². The van der Waals surface area contributed by atoms with Gasteiger partial charge >= 0.3 is 0 Å². The Morgan fingerprint density at radius 2 is 2.25 bits per heavy atom. The first-order valence-corrected chi connectivity index (χ1v) is 5.04. The molecule has 2 rings (SSSR count). The third kappa shape index (κ3) is 2.32. The number of hydrogen-bond donors (Lipinski definition) is 2. The average molecular weight is 257 g/mol. The van der Waals surface area contributed by atoms with Gasteiger partial charge in [-0.1, -0.05) is 23.2 Å². The Morgan fingerprint density at radius 3 is 2.94 bits per heavy atom. The zero-order valence-corrected chi connectivity index (χ0v) is 9.38. The molecule has 0 saturated carbocycles. The number of pyridine rings is 1. The summed E-state index contributed by atoms with van der Waals surface area (Å²) in [6.45, 7) is 0. The Labute approximate surface area is 101 Å². The van der Waals surface area contributed by atoms with Crippen LogP contribution in [0.2, 0.25) is 10.2 Å². The fourth-order valence-electron chi connectivity index (χ4n) is 1.10. The molecule has 1 amide bonds. The minimum Gasteiger partial charge on any atom is -0.307 e. The number of halogens is 2. The molecule has 0 unspecified atom stereocenters. The van der Waals surface area contributed by atoms with Gasteiger partial charge in [0.2, 0.25) is 0 Å². The van der Waals surface area contributed by atoms with Crippen molar-refractivity contribution in [3.63, 3.8) is 0 Å². The van der Waals surface area contributed by atoms with Crippen molar-refractivity contribution in [2.24, 2.45) is 0 Å². The molecule has 0 aromatic carbocycles. The zero-order chi connectivity index (χ0) is 11.5. The van der Waals surface area contributed by atoms with Crippen LogP contribution in [-0.4, -0.2) is 21.1 Å². The van der Waals surface area contributed by atoms with E-state index in [-0.39, 0.29) is 21.6 Å². The van der Waals surface area contributed by atoms with Crippen LogP contribution < -0.4 is 5.32 Å². The van der Waals surface area contributed by atoms with E-state index in [0.717, 1.165) is 0 Å². The highest BCUT2D eigenvalue weighted by molar-refractivity contribution is 6.35. The Hall–Kier alpha value is -1.59. The minimum absolute atomic E-state index is 0.208. The second kappa shape index (κ2) is 4.51. The van der Waals surface area contributed by atoms with E-state index in [9.17, 15) is 4.79 Å². The van der Waals surface area contributed by atoms with Crippen LogP contribution in [0.3, 0.4) is 0 Å². The highest BCUT2D eigenvalue weighted by atomic mass is 35.5. The number of amides is 1. The number of H-pyrrole nitrogens is 1. The van der Waals surface area contributed by atoms with Crippen LogP contribution in [0.15, 0.2) is 24.5 Å². The molecule has 0 aliphatic heterocycles. The summed E-state index contributed by atoms with van der Waals surface area (Å²) in [5.74, 6) is 0.104. The van der Waals surface area contributed by atoms with Crippen molar-refractivity contribution in [1.82, 2.24) is 15.2 Å². The lowest BCUT2D eigenvalue weighted by Crippen LogP contribution is -2.13. The van der Waals surface area contributed by atoms with Crippen molar-refractivity contribution >= 4 is 34.9 Å². The fourth-order valence-corrected chi connectivity index (χ4v) is 1.45. The second-order valence-electron chi connectivity index (χ2n) is 2.91. The summed E-state index contributed by atoms with van der Waals surface area (Å²) in [6.07, 6.45) is 2.85. The van der Waals surface area contributed by atoms with E-state index in [0.29, 0.717) is 5.82 Å². The molecule has 0 aliphatic carbocycles. The number of aromatic amines is 1. The number of carbonyl (C=O) groups excluding carboxylic acids is 1. The van der Waals surface area contributed by atoms with Crippen LogP contribution in [0.25, 0.3) is 0 Å². The van der Waals surface area contributed by atoms with E-state index in [1.807, 2.05) is 0 Å². The summed E-state index contributed by atoms with van der Waals surface area (Å²) in [4.78, 5) is 15.5. The quantitative estimate of drug-likeness (QED) is 0.811. The summed E-state index contributed by atoms with van der Waals surface area (Å²) in [5, 5.41) is 9.32. The Bertz CT molecular complexity index is 512. The molecule has 2 heterocycles. The van der Waals surface area contributed by atoms with Crippen molar-refractivity contribution in [1.29, 1.82) is 0 Å². The summed E-state index contributed by atoms with van der Waals surface area (Å²) >= 11 is 11.5. The summed E-state index contributed by atoms with van der Waals surface area (Å²) in [6, 6.07) is 3.02. The topological polar surface area (TPSA) is 70.7 Å². The Balaban J connectivity index is 2.24. The molecule has 7 heteroatoms. The number of carbonyl (C=O) groups is 1. The molecule has 0 aliphatic rings. The summed E-state index contributed by atoms with van der Waals surface area (Å²) in [5.41, 5.74) is 0.260. The molecule has 0 fully saturated rings. The lowest BCUT2D eigenvalue weighted by molar-refractivity contribution is 0.102. The monoisotopic (exact) mass is 256 g/mol. The van der Waals surface area contributed by atoms with E-state index < -0.39 is 0 Å². The van der Waals surface area contributed by atoms with E-state index in [1.165, 1.54) is 18.5 Å². The molecular formula is C9H6Cl2N4O. The third-order valence-electron chi connectivity index (χ3n) is 1.82. The van der Waals surface area contributed by atoms with Crippen LogP contribution >= 0.6 is 23.2 Å². The normalized spacial score (nSPS) is 10.1. The molecule has 0 bridgehead atoms. The van der Waals surface area contributed by atoms with Crippen molar-refractivity contribution in [2.75, 3.05) is 5.32 Å². The van der Waals surface area contributed by atoms with Crippen molar-refractivity contribution in [3.05, 3.63) is 40.3 Å². The standard InChI is InChI=1S/C9H6Cl2N4O/c10-6-4-12-7(11)3-5(6)9(16)14-8-1-2-13-15-8/h1-4H,(H2,13,14,15,16). The van der Waals surface area contributed by atoms with Gasteiger partial charge in [-0.05, 0) is 6.07 Å². The first-order valence-electron chi connectivity index (χ1n) is 4.28. The Morgan fingerprint density at radius 1 is 1.44 bits per heavy atom. The lowest BCUT2D eigenvalue weighted by Gasteiger charge is -2.04. The largest absolute Gasteiger partial charge is 0.307 e. The van der Waals surface area contributed by atoms with E-state index >= 15 is 0 Å². The van der Waals surface area contributed by atoms with Gasteiger partial charge in [0.25, 0.3) is 5.91 Å². The van der Waals surface area contributed by atoms with E-state index in [4.69, 9.17) is 23.2 Å². The first kappa shape index (κ1) is 10.9. The SMILES string of the molecule is O=C(Nc1ccn[nH]1)c1cc(Cl)ncc1Cl. The smallest absolute Gasteiger partial charge is 0.258 e. The maximum Gasteiger partial charge on any atom is 0.258 e. The number of nitrogens with one attached hydrogen (secondary N) is 2. The molecular weight excluding hydrogens is 251 g/mol. The highest BCUT2D eigenvalue weighted by Gasteiger charge is 2.12. The number of aromatic nitrogens is 3. The molecule has 5 nitrogen and oxygen atoms in total. The van der Waals surface area contributed by atoms with Crippen LogP contribution in [0.1, 0.15) is 10.4 Å². The molecule has 16 heavy (non-hydrogen) atoms. The van der Waals surface area contributed by atoms with E-state index in [1.54, 1.807) is 6.07 Å². The first-order chi connectivity index (χ1) is 7.66. The van der Waals surface area contributed by atoms with Gasteiger partial charge in [-0.15, -0.1) is 0 Å². The fraction of sp³-hybridized carbons (Fsp3) is 0. The van der Waals surface area contributed by atoms with Gasteiger partial charge in [0.05, 0.1) is 16.8 Å². The average Bonchev–Trinajstić information content (AvgIpc) is 2.74. The van der Waals surface area contributed by atoms with Gasteiger partial charge in [-0.3, -0.25) is 9.89 Å². The molecule has 0 radical (unpaired) electrons. The number of anilines is 1. The van der Waals surface area contributed by atoms with Crippen molar-refractivity contribution < 1.29 is 4.79 Å². The van der Waals surface area contributed by atoms with Crippen LogP contribution in [-0.2, 0) is 0 Å². The van der Waals surface area contributed by atoms with Gasteiger partial charge in [-0.25, -0.2) is 4.98 Å². The predicted octanol–water partition coefficient (Wildman–Crippen LogP) is 2.36. The molecule has 82 valence electrons. The van der Waals surface area contributed by atoms with Gasteiger partial charge in [-0.2, -0.15) is 5.10 Å². The van der Waals surface area contributed by atoms with Crippen molar-refractivity contribution in [3.8, 4) is 0 Å². The van der Waals surface area contributed by atoms with Crippen LogP contribution in [0, 0.1) is 0 Å². The number of nitrogens with zero attached hydrogens (tertiary/aromatic N) is 2. The van der Waals surface area contributed by atoms with Gasteiger partial charge in [0.1, 0.15) is 11.0 Å². The molecule has 2 N–H and O–H groups in total. The lowest BCUT2D eigenvalue weighted by atomic mass is 10.2. The van der Waals surface area contributed by atoms with Gasteiger partial charge in [0.15, 0.2) is 0 Å².